The van der Waals surface area contributed by atoms with E-state index in [-0.39, 0.29) is 16.7 Å². The normalized spacial score (nSPS) is 24.4. The standard InChI is InChI=1S/C12H23NO2S/c1-12(2,3)11(8-9-4-5-9)13-16(14,15)10-6-7-10/h9-11,13H,4-8H2,1-3H3. The summed E-state index contributed by atoms with van der Waals surface area (Å²) >= 11 is 0. The van der Waals surface area contributed by atoms with Crippen molar-refractivity contribution in [1.82, 2.24) is 4.72 Å². The second-order valence-electron chi connectivity index (χ2n) is 6.46. The number of sulfonamides is 1. The molecule has 2 aliphatic carbocycles. The van der Waals surface area contributed by atoms with Crippen LogP contribution >= 0.6 is 0 Å². The highest BCUT2D eigenvalue weighted by molar-refractivity contribution is 7.90. The van der Waals surface area contributed by atoms with Gasteiger partial charge in [0.15, 0.2) is 0 Å². The quantitative estimate of drug-likeness (QED) is 0.807. The third-order valence-corrected chi connectivity index (χ3v) is 5.54. The zero-order valence-corrected chi connectivity index (χ0v) is 11.3. The largest absolute Gasteiger partial charge is 0.214 e. The Kier molecular flexibility index (Phi) is 3.08. The average Bonchev–Trinajstić information content (AvgIpc) is 2.97. The van der Waals surface area contributed by atoms with Crippen molar-refractivity contribution in [2.45, 2.75) is 64.2 Å². The van der Waals surface area contributed by atoms with Crippen LogP contribution in [-0.2, 0) is 10.0 Å². The SMILES string of the molecule is CC(C)(C)C(CC1CC1)NS(=O)(=O)C1CC1. The maximum Gasteiger partial charge on any atom is 0.214 e. The Balaban J connectivity index is 2.00. The molecule has 2 saturated carbocycles. The topological polar surface area (TPSA) is 46.2 Å². The number of rotatable bonds is 5. The van der Waals surface area contributed by atoms with Crippen molar-refractivity contribution in [3.63, 3.8) is 0 Å². The number of hydrogen-bond acceptors (Lipinski definition) is 2. The van der Waals surface area contributed by atoms with Crippen LogP contribution in [0.1, 0.15) is 52.9 Å². The first-order chi connectivity index (χ1) is 7.29. The Morgan fingerprint density at radius 2 is 1.75 bits per heavy atom. The molecule has 0 heterocycles. The van der Waals surface area contributed by atoms with E-state index in [9.17, 15) is 8.42 Å². The maximum absolute atomic E-state index is 11.9. The van der Waals surface area contributed by atoms with Crippen LogP contribution < -0.4 is 4.72 Å². The molecule has 0 aromatic rings. The van der Waals surface area contributed by atoms with Crippen molar-refractivity contribution in [2.75, 3.05) is 0 Å². The highest BCUT2D eigenvalue weighted by Crippen LogP contribution is 2.38. The fraction of sp³-hybridized carbons (Fsp3) is 1.00. The molecule has 0 aromatic heterocycles. The second kappa shape index (κ2) is 3.98. The van der Waals surface area contributed by atoms with Gasteiger partial charge in [-0.25, -0.2) is 13.1 Å². The molecule has 0 aromatic carbocycles. The Bertz CT molecular complexity index is 348. The molecule has 2 aliphatic rings. The lowest BCUT2D eigenvalue weighted by Gasteiger charge is -2.31. The Morgan fingerprint density at radius 3 is 2.12 bits per heavy atom. The van der Waals surface area contributed by atoms with Gasteiger partial charge in [0.05, 0.1) is 5.25 Å². The first kappa shape index (κ1) is 12.4. The van der Waals surface area contributed by atoms with Gasteiger partial charge in [0.2, 0.25) is 10.0 Å². The minimum Gasteiger partial charge on any atom is -0.212 e. The molecule has 0 saturated heterocycles. The Labute approximate surface area is 99.1 Å². The lowest BCUT2D eigenvalue weighted by atomic mass is 9.84. The molecule has 1 unspecified atom stereocenters. The molecule has 2 rings (SSSR count). The molecular weight excluding hydrogens is 222 g/mol. The van der Waals surface area contributed by atoms with E-state index in [4.69, 9.17) is 0 Å². The first-order valence-electron chi connectivity index (χ1n) is 6.30. The van der Waals surface area contributed by atoms with Crippen LogP contribution in [0.4, 0.5) is 0 Å². The summed E-state index contributed by atoms with van der Waals surface area (Å²) in [5.41, 5.74) is 0.0184. The van der Waals surface area contributed by atoms with Gasteiger partial charge >= 0.3 is 0 Å². The molecule has 16 heavy (non-hydrogen) atoms. The molecule has 2 fully saturated rings. The van der Waals surface area contributed by atoms with E-state index in [1.54, 1.807) is 0 Å². The van der Waals surface area contributed by atoms with Crippen LogP contribution in [-0.4, -0.2) is 19.7 Å². The summed E-state index contributed by atoms with van der Waals surface area (Å²) in [6.45, 7) is 6.36. The fourth-order valence-electron chi connectivity index (χ4n) is 1.94. The Morgan fingerprint density at radius 1 is 1.19 bits per heavy atom. The van der Waals surface area contributed by atoms with Crippen molar-refractivity contribution in [2.24, 2.45) is 11.3 Å². The van der Waals surface area contributed by atoms with Gasteiger partial charge in [0, 0.05) is 6.04 Å². The molecule has 1 atom stereocenters. The van der Waals surface area contributed by atoms with Crippen LogP contribution in [0.25, 0.3) is 0 Å². The van der Waals surface area contributed by atoms with Crippen LogP contribution in [0, 0.1) is 11.3 Å². The van der Waals surface area contributed by atoms with E-state index in [1.807, 2.05) is 0 Å². The highest BCUT2D eigenvalue weighted by Gasteiger charge is 2.40. The maximum atomic E-state index is 11.9. The zero-order valence-electron chi connectivity index (χ0n) is 10.5. The third kappa shape index (κ3) is 3.20. The van der Waals surface area contributed by atoms with E-state index >= 15 is 0 Å². The smallest absolute Gasteiger partial charge is 0.212 e. The van der Waals surface area contributed by atoms with E-state index < -0.39 is 10.0 Å². The van der Waals surface area contributed by atoms with Gasteiger partial charge in [-0.15, -0.1) is 0 Å². The summed E-state index contributed by atoms with van der Waals surface area (Å²) < 4.78 is 26.8. The minimum atomic E-state index is -3.04. The molecular formula is C12H23NO2S. The molecule has 1 N–H and O–H groups in total. The lowest BCUT2D eigenvalue weighted by molar-refractivity contribution is 0.275. The summed E-state index contributed by atoms with van der Waals surface area (Å²) in [6, 6.07) is 0.102. The molecule has 0 aliphatic heterocycles. The van der Waals surface area contributed by atoms with Gasteiger partial charge in [0.1, 0.15) is 0 Å². The first-order valence-corrected chi connectivity index (χ1v) is 7.85. The summed E-state index contributed by atoms with van der Waals surface area (Å²) in [5.74, 6) is 0.756. The zero-order chi connectivity index (χ0) is 12.0. The van der Waals surface area contributed by atoms with Crippen LogP contribution in [0.5, 0.6) is 0 Å². The van der Waals surface area contributed by atoms with Crippen LogP contribution in [0.3, 0.4) is 0 Å². The summed E-state index contributed by atoms with van der Waals surface area (Å²) in [5, 5.41) is -0.100. The van der Waals surface area contributed by atoms with Crippen molar-refractivity contribution >= 4 is 10.0 Å². The van der Waals surface area contributed by atoms with E-state index in [2.05, 4.69) is 25.5 Å². The molecule has 0 radical (unpaired) electrons. The van der Waals surface area contributed by atoms with Gasteiger partial charge in [-0.3, -0.25) is 0 Å². The van der Waals surface area contributed by atoms with Gasteiger partial charge in [0.25, 0.3) is 0 Å². The van der Waals surface area contributed by atoms with E-state index in [1.165, 1.54) is 12.8 Å². The summed E-state index contributed by atoms with van der Waals surface area (Å²) in [6.07, 6.45) is 5.25. The minimum absolute atomic E-state index is 0.0184. The van der Waals surface area contributed by atoms with E-state index in [0.29, 0.717) is 0 Å². The predicted molar refractivity (Wildman–Crippen MR) is 65.7 cm³/mol. The van der Waals surface area contributed by atoms with Crippen molar-refractivity contribution in [1.29, 1.82) is 0 Å². The second-order valence-corrected chi connectivity index (χ2v) is 8.45. The predicted octanol–water partition coefficient (Wildman–Crippen LogP) is 2.28. The third-order valence-electron chi connectivity index (χ3n) is 3.58. The van der Waals surface area contributed by atoms with Gasteiger partial charge in [-0.2, -0.15) is 0 Å². The monoisotopic (exact) mass is 245 g/mol. The molecule has 94 valence electrons. The van der Waals surface area contributed by atoms with Crippen molar-refractivity contribution in [3.05, 3.63) is 0 Å². The van der Waals surface area contributed by atoms with Crippen molar-refractivity contribution in [3.8, 4) is 0 Å². The molecule has 4 heteroatoms. The molecule has 0 amide bonds. The van der Waals surface area contributed by atoms with Crippen molar-refractivity contribution < 1.29 is 8.42 Å². The van der Waals surface area contributed by atoms with Gasteiger partial charge in [-0.1, -0.05) is 33.6 Å². The summed E-state index contributed by atoms with van der Waals surface area (Å²) in [7, 11) is -3.04. The lowest BCUT2D eigenvalue weighted by Crippen LogP contribution is -2.45. The summed E-state index contributed by atoms with van der Waals surface area (Å²) in [4.78, 5) is 0. The van der Waals surface area contributed by atoms with Gasteiger partial charge < -0.3 is 0 Å². The van der Waals surface area contributed by atoms with E-state index in [0.717, 1.165) is 25.2 Å². The molecule has 0 spiro atoms. The molecule has 3 nitrogen and oxygen atoms in total. The average molecular weight is 245 g/mol. The fourth-order valence-corrected chi connectivity index (χ4v) is 3.73. The van der Waals surface area contributed by atoms with Crippen LogP contribution in [0.2, 0.25) is 0 Å². The molecule has 0 bridgehead atoms. The van der Waals surface area contributed by atoms with Crippen LogP contribution in [0.15, 0.2) is 0 Å². The number of hydrogen-bond donors (Lipinski definition) is 1. The highest BCUT2D eigenvalue weighted by atomic mass is 32.2. The number of nitrogens with one attached hydrogen (secondary N) is 1. The Hall–Kier alpha value is -0.0900. The van der Waals surface area contributed by atoms with Gasteiger partial charge in [-0.05, 0) is 30.6 Å².